The van der Waals surface area contributed by atoms with E-state index in [0.29, 0.717) is 17.9 Å². The predicted octanol–water partition coefficient (Wildman–Crippen LogP) is 3.14. The van der Waals surface area contributed by atoms with Crippen LogP contribution >= 0.6 is 0 Å². The number of aliphatic hydroxyl groups is 1. The summed E-state index contributed by atoms with van der Waals surface area (Å²) in [6, 6.07) is 0. The standard InChI is InChI=1S/C12H22O/c1-9-7-11(3)12(4,5-6-13)8-10(9)2/h11,13H,5-8H2,1-4H3/t11-,12-/m0/s1. The van der Waals surface area contributed by atoms with Crippen LogP contribution in [0.1, 0.15) is 47.0 Å². The van der Waals surface area contributed by atoms with E-state index in [4.69, 9.17) is 5.11 Å². The van der Waals surface area contributed by atoms with E-state index < -0.39 is 0 Å². The summed E-state index contributed by atoms with van der Waals surface area (Å²) in [6.07, 6.45) is 3.32. The van der Waals surface area contributed by atoms with E-state index in [2.05, 4.69) is 27.7 Å². The number of hydrogen-bond acceptors (Lipinski definition) is 1. The molecule has 0 saturated heterocycles. The third kappa shape index (κ3) is 2.14. The minimum Gasteiger partial charge on any atom is -0.396 e. The highest BCUT2D eigenvalue weighted by Crippen LogP contribution is 2.45. The molecule has 0 heterocycles. The lowest BCUT2D eigenvalue weighted by Crippen LogP contribution is -2.30. The van der Waals surface area contributed by atoms with Crippen LogP contribution in [0.3, 0.4) is 0 Å². The molecule has 76 valence electrons. The summed E-state index contributed by atoms with van der Waals surface area (Å²) in [4.78, 5) is 0. The maximum absolute atomic E-state index is 9.04. The van der Waals surface area contributed by atoms with Gasteiger partial charge in [-0.1, -0.05) is 25.0 Å². The fourth-order valence-electron chi connectivity index (χ4n) is 2.40. The van der Waals surface area contributed by atoms with Gasteiger partial charge in [-0.2, -0.15) is 0 Å². The zero-order chi connectivity index (χ0) is 10.1. The van der Waals surface area contributed by atoms with Crippen LogP contribution in [0, 0.1) is 11.3 Å². The molecule has 0 radical (unpaired) electrons. The predicted molar refractivity (Wildman–Crippen MR) is 56.6 cm³/mol. The molecule has 0 amide bonds. The first-order valence-corrected chi connectivity index (χ1v) is 5.25. The maximum atomic E-state index is 9.04. The highest BCUT2D eigenvalue weighted by molar-refractivity contribution is 5.17. The molecule has 0 aliphatic heterocycles. The molecule has 1 N–H and O–H groups in total. The van der Waals surface area contributed by atoms with Crippen molar-refractivity contribution in [1.82, 2.24) is 0 Å². The van der Waals surface area contributed by atoms with Crippen LogP contribution in [-0.2, 0) is 0 Å². The van der Waals surface area contributed by atoms with Crippen molar-refractivity contribution in [2.24, 2.45) is 11.3 Å². The molecule has 0 bridgehead atoms. The Kier molecular flexibility index (Phi) is 3.18. The Morgan fingerprint density at radius 2 is 2.00 bits per heavy atom. The van der Waals surface area contributed by atoms with Crippen LogP contribution in [0.25, 0.3) is 0 Å². The summed E-state index contributed by atoms with van der Waals surface area (Å²) < 4.78 is 0. The molecule has 1 rings (SSSR count). The molecule has 0 spiro atoms. The Balaban J connectivity index is 2.79. The van der Waals surface area contributed by atoms with E-state index in [0.717, 1.165) is 6.42 Å². The number of hydrogen-bond donors (Lipinski definition) is 1. The van der Waals surface area contributed by atoms with Crippen LogP contribution in [0.2, 0.25) is 0 Å². The van der Waals surface area contributed by atoms with Gasteiger partial charge in [0.2, 0.25) is 0 Å². The van der Waals surface area contributed by atoms with Crippen LogP contribution in [0.5, 0.6) is 0 Å². The Morgan fingerprint density at radius 3 is 2.54 bits per heavy atom. The summed E-state index contributed by atoms with van der Waals surface area (Å²) in [5, 5.41) is 9.04. The van der Waals surface area contributed by atoms with Crippen molar-refractivity contribution in [2.75, 3.05) is 6.61 Å². The van der Waals surface area contributed by atoms with Crippen molar-refractivity contribution >= 4 is 0 Å². The van der Waals surface area contributed by atoms with Gasteiger partial charge < -0.3 is 5.11 Å². The minimum absolute atomic E-state index is 0.327. The zero-order valence-electron chi connectivity index (χ0n) is 9.35. The van der Waals surface area contributed by atoms with Crippen LogP contribution in [-0.4, -0.2) is 11.7 Å². The fraction of sp³-hybridized carbons (Fsp3) is 0.833. The van der Waals surface area contributed by atoms with Crippen LogP contribution in [0.4, 0.5) is 0 Å². The van der Waals surface area contributed by atoms with Crippen LogP contribution < -0.4 is 0 Å². The summed E-state index contributed by atoms with van der Waals surface area (Å²) >= 11 is 0. The van der Waals surface area contributed by atoms with Crippen molar-refractivity contribution in [3.05, 3.63) is 11.1 Å². The van der Waals surface area contributed by atoms with Gasteiger partial charge in [-0.15, -0.1) is 0 Å². The molecule has 1 heteroatoms. The third-order valence-electron chi connectivity index (χ3n) is 3.88. The summed E-state index contributed by atoms with van der Waals surface area (Å²) in [5.74, 6) is 0.711. The van der Waals surface area contributed by atoms with Crippen molar-refractivity contribution < 1.29 is 5.11 Å². The summed E-state index contributed by atoms with van der Waals surface area (Å²) in [5.41, 5.74) is 3.43. The largest absolute Gasteiger partial charge is 0.396 e. The van der Waals surface area contributed by atoms with Gasteiger partial charge in [0.15, 0.2) is 0 Å². The Morgan fingerprint density at radius 1 is 1.38 bits per heavy atom. The third-order valence-corrected chi connectivity index (χ3v) is 3.88. The van der Waals surface area contributed by atoms with Gasteiger partial charge in [-0.05, 0) is 44.4 Å². The second kappa shape index (κ2) is 3.83. The highest BCUT2D eigenvalue weighted by atomic mass is 16.3. The minimum atomic E-state index is 0.327. The molecule has 13 heavy (non-hydrogen) atoms. The van der Waals surface area contributed by atoms with Gasteiger partial charge in [0.05, 0.1) is 0 Å². The van der Waals surface area contributed by atoms with Gasteiger partial charge in [0, 0.05) is 6.61 Å². The molecular formula is C12H22O. The lowest BCUT2D eigenvalue weighted by molar-refractivity contribution is 0.125. The fourth-order valence-corrected chi connectivity index (χ4v) is 2.40. The quantitative estimate of drug-likeness (QED) is 0.650. The molecule has 1 nitrogen and oxygen atoms in total. The molecular weight excluding hydrogens is 160 g/mol. The Bertz CT molecular complexity index is 217. The molecule has 0 fully saturated rings. The molecule has 1 aliphatic rings. The normalized spacial score (nSPS) is 35.3. The van der Waals surface area contributed by atoms with E-state index in [9.17, 15) is 0 Å². The molecule has 0 aromatic heterocycles. The summed E-state index contributed by atoms with van der Waals surface area (Å²) in [7, 11) is 0. The molecule has 0 aromatic carbocycles. The topological polar surface area (TPSA) is 20.2 Å². The van der Waals surface area contributed by atoms with Gasteiger partial charge in [-0.25, -0.2) is 0 Å². The first kappa shape index (κ1) is 10.8. The molecule has 0 saturated carbocycles. The van der Waals surface area contributed by atoms with Gasteiger partial charge >= 0.3 is 0 Å². The molecule has 0 unspecified atom stereocenters. The lowest BCUT2D eigenvalue weighted by Gasteiger charge is -2.40. The van der Waals surface area contributed by atoms with Crippen molar-refractivity contribution in [3.8, 4) is 0 Å². The molecule has 1 aliphatic carbocycles. The van der Waals surface area contributed by atoms with Crippen LogP contribution in [0.15, 0.2) is 11.1 Å². The number of allylic oxidation sites excluding steroid dienone is 2. The van der Waals surface area contributed by atoms with E-state index in [-0.39, 0.29) is 0 Å². The SMILES string of the molecule is CC1=C(C)C[C@](C)(CCO)[C@@H](C)C1. The average molecular weight is 182 g/mol. The monoisotopic (exact) mass is 182 g/mol. The van der Waals surface area contributed by atoms with Gasteiger partial charge in [0.1, 0.15) is 0 Å². The van der Waals surface area contributed by atoms with E-state index in [1.54, 1.807) is 5.57 Å². The first-order chi connectivity index (χ1) is 5.99. The average Bonchev–Trinajstić information content (AvgIpc) is 2.02. The second-order valence-corrected chi connectivity index (χ2v) is 4.97. The van der Waals surface area contributed by atoms with E-state index in [1.165, 1.54) is 18.4 Å². The Labute approximate surface area is 81.9 Å². The van der Waals surface area contributed by atoms with Crippen molar-refractivity contribution in [3.63, 3.8) is 0 Å². The second-order valence-electron chi connectivity index (χ2n) is 4.97. The van der Waals surface area contributed by atoms with E-state index >= 15 is 0 Å². The van der Waals surface area contributed by atoms with E-state index in [1.807, 2.05) is 0 Å². The smallest absolute Gasteiger partial charge is 0.0436 e. The lowest BCUT2D eigenvalue weighted by atomic mass is 9.65. The summed E-state index contributed by atoms with van der Waals surface area (Å²) in [6.45, 7) is 9.42. The number of rotatable bonds is 2. The van der Waals surface area contributed by atoms with Gasteiger partial charge in [-0.3, -0.25) is 0 Å². The zero-order valence-corrected chi connectivity index (χ0v) is 9.35. The van der Waals surface area contributed by atoms with Gasteiger partial charge in [0.25, 0.3) is 0 Å². The maximum Gasteiger partial charge on any atom is 0.0436 e. The molecule has 2 atom stereocenters. The highest BCUT2D eigenvalue weighted by Gasteiger charge is 2.34. The molecule has 0 aromatic rings. The first-order valence-electron chi connectivity index (χ1n) is 5.25. The van der Waals surface area contributed by atoms with Crippen molar-refractivity contribution in [2.45, 2.75) is 47.0 Å². The Hall–Kier alpha value is -0.300. The van der Waals surface area contributed by atoms with Crippen molar-refractivity contribution in [1.29, 1.82) is 0 Å². The number of aliphatic hydroxyl groups excluding tert-OH is 1.